The average molecular weight is 267 g/mol. The minimum Gasteiger partial charge on any atom is -0.380 e. The number of hydrogen-bond donors (Lipinski definition) is 2. The highest BCUT2D eigenvalue weighted by Gasteiger charge is 2.30. The maximum atomic E-state index is 3.66. The van der Waals surface area contributed by atoms with Crippen LogP contribution in [0.4, 0.5) is 5.69 Å². The molecular formula is C12H15BrN2. The zero-order valence-corrected chi connectivity index (χ0v) is 10.2. The first-order chi connectivity index (χ1) is 7.34. The molecule has 1 fully saturated rings. The summed E-state index contributed by atoms with van der Waals surface area (Å²) < 4.78 is 1.20. The van der Waals surface area contributed by atoms with Gasteiger partial charge in [-0.25, -0.2) is 0 Å². The Balaban J connectivity index is 1.95. The molecule has 0 bridgehead atoms. The minimum absolute atomic E-state index is 0.616. The van der Waals surface area contributed by atoms with Crippen LogP contribution in [0.1, 0.15) is 12.0 Å². The molecule has 2 aliphatic rings. The van der Waals surface area contributed by atoms with Crippen LogP contribution in [0.5, 0.6) is 0 Å². The Kier molecular flexibility index (Phi) is 2.45. The van der Waals surface area contributed by atoms with Gasteiger partial charge in [-0.3, -0.25) is 0 Å². The summed E-state index contributed by atoms with van der Waals surface area (Å²) in [5, 5.41) is 7.11. The Hall–Kier alpha value is -0.540. The quantitative estimate of drug-likeness (QED) is 0.754. The summed E-state index contributed by atoms with van der Waals surface area (Å²) in [5.41, 5.74) is 2.77. The summed E-state index contributed by atoms with van der Waals surface area (Å²) in [6.45, 7) is 2.28. The Morgan fingerprint density at radius 2 is 2.27 bits per heavy atom. The van der Waals surface area contributed by atoms with Crippen molar-refractivity contribution in [3.8, 4) is 0 Å². The van der Waals surface area contributed by atoms with Gasteiger partial charge in [-0.2, -0.15) is 0 Å². The minimum atomic E-state index is 0.616. The number of nitrogens with one attached hydrogen (secondary N) is 2. The molecule has 2 atom stereocenters. The van der Waals surface area contributed by atoms with E-state index in [4.69, 9.17) is 0 Å². The zero-order chi connectivity index (χ0) is 10.3. The molecule has 15 heavy (non-hydrogen) atoms. The Morgan fingerprint density at radius 1 is 1.33 bits per heavy atom. The van der Waals surface area contributed by atoms with Crippen LogP contribution in [0.15, 0.2) is 22.7 Å². The Labute approximate surface area is 98.6 Å². The predicted octanol–water partition coefficient (Wildman–Crippen LogP) is 2.40. The number of hydrogen-bond acceptors (Lipinski definition) is 2. The van der Waals surface area contributed by atoms with Gasteiger partial charge in [0.05, 0.1) is 5.69 Å². The summed E-state index contributed by atoms with van der Waals surface area (Å²) in [6, 6.07) is 7.10. The van der Waals surface area contributed by atoms with Crippen LogP contribution in [0.3, 0.4) is 0 Å². The van der Waals surface area contributed by atoms with E-state index >= 15 is 0 Å². The van der Waals surface area contributed by atoms with E-state index < -0.39 is 0 Å². The highest BCUT2D eigenvalue weighted by atomic mass is 79.9. The number of halogens is 1. The molecule has 0 aromatic heterocycles. The lowest BCUT2D eigenvalue weighted by molar-refractivity contribution is 0.331. The second-order valence-corrected chi connectivity index (χ2v) is 5.34. The summed E-state index contributed by atoms with van der Waals surface area (Å²) in [4.78, 5) is 0. The van der Waals surface area contributed by atoms with Crippen LogP contribution in [0, 0.1) is 5.92 Å². The molecule has 0 radical (unpaired) electrons. The summed E-state index contributed by atoms with van der Waals surface area (Å²) in [6.07, 6.45) is 2.53. The maximum Gasteiger partial charge on any atom is 0.0519 e. The molecule has 1 aromatic rings. The zero-order valence-electron chi connectivity index (χ0n) is 8.59. The van der Waals surface area contributed by atoms with Gasteiger partial charge in [-0.05, 0) is 52.9 Å². The highest BCUT2D eigenvalue weighted by Crippen LogP contribution is 2.35. The first-order valence-corrected chi connectivity index (χ1v) is 6.38. The van der Waals surface area contributed by atoms with Crippen molar-refractivity contribution >= 4 is 21.6 Å². The smallest absolute Gasteiger partial charge is 0.0519 e. The van der Waals surface area contributed by atoms with Gasteiger partial charge in [0.25, 0.3) is 0 Å². The van der Waals surface area contributed by atoms with E-state index in [-0.39, 0.29) is 0 Å². The molecule has 80 valence electrons. The van der Waals surface area contributed by atoms with E-state index in [0.29, 0.717) is 6.04 Å². The van der Waals surface area contributed by atoms with Crippen LogP contribution in [-0.2, 0) is 6.42 Å². The van der Waals surface area contributed by atoms with Crippen molar-refractivity contribution in [2.45, 2.75) is 18.9 Å². The Morgan fingerprint density at radius 3 is 3.20 bits per heavy atom. The van der Waals surface area contributed by atoms with Gasteiger partial charge < -0.3 is 10.6 Å². The molecule has 2 N–H and O–H groups in total. The average Bonchev–Trinajstić information content (AvgIpc) is 2.27. The third kappa shape index (κ3) is 1.68. The normalized spacial score (nSPS) is 28.9. The molecule has 1 aromatic carbocycles. The van der Waals surface area contributed by atoms with Crippen molar-refractivity contribution in [2.75, 3.05) is 18.4 Å². The summed E-state index contributed by atoms with van der Waals surface area (Å²) in [5.74, 6) is 0.813. The van der Waals surface area contributed by atoms with E-state index in [0.717, 1.165) is 12.5 Å². The molecular weight excluding hydrogens is 252 g/mol. The number of anilines is 1. The van der Waals surface area contributed by atoms with Crippen molar-refractivity contribution in [2.24, 2.45) is 5.92 Å². The third-order valence-corrected chi connectivity index (χ3v) is 4.20. The SMILES string of the molecule is Brc1cccc2c1NC1CNCCC1C2. The van der Waals surface area contributed by atoms with Crippen LogP contribution >= 0.6 is 15.9 Å². The molecule has 3 rings (SSSR count). The van der Waals surface area contributed by atoms with Crippen molar-refractivity contribution in [3.05, 3.63) is 28.2 Å². The van der Waals surface area contributed by atoms with Gasteiger partial charge in [0, 0.05) is 17.1 Å². The largest absolute Gasteiger partial charge is 0.380 e. The molecule has 0 spiro atoms. The molecule has 2 unspecified atom stereocenters. The molecule has 0 aliphatic carbocycles. The predicted molar refractivity (Wildman–Crippen MR) is 66.2 cm³/mol. The van der Waals surface area contributed by atoms with Gasteiger partial charge in [-0.15, -0.1) is 0 Å². The van der Waals surface area contributed by atoms with E-state index in [9.17, 15) is 0 Å². The van der Waals surface area contributed by atoms with Crippen LogP contribution in [0.2, 0.25) is 0 Å². The van der Waals surface area contributed by atoms with Crippen LogP contribution in [-0.4, -0.2) is 19.1 Å². The van der Waals surface area contributed by atoms with Crippen molar-refractivity contribution < 1.29 is 0 Å². The number of benzene rings is 1. The standard InChI is InChI=1S/C12H15BrN2/c13-10-3-1-2-9-6-8-4-5-14-7-11(8)15-12(9)10/h1-3,8,11,14-15H,4-7H2. The highest BCUT2D eigenvalue weighted by molar-refractivity contribution is 9.10. The monoisotopic (exact) mass is 266 g/mol. The number of rotatable bonds is 0. The fraction of sp³-hybridized carbons (Fsp3) is 0.500. The number of piperidine rings is 1. The summed E-state index contributed by atoms with van der Waals surface area (Å²) in [7, 11) is 0. The lowest BCUT2D eigenvalue weighted by atomic mass is 9.83. The second kappa shape index (κ2) is 3.80. The number of fused-ring (bicyclic) bond motifs is 2. The lowest BCUT2D eigenvalue weighted by Gasteiger charge is -2.38. The topological polar surface area (TPSA) is 24.1 Å². The van der Waals surface area contributed by atoms with Gasteiger partial charge in [0.1, 0.15) is 0 Å². The van der Waals surface area contributed by atoms with Crippen molar-refractivity contribution in [1.29, 1.82) is 0 Å². The van der Waals surface area contributed by atoms with E-state index in [1.165, 1.54) is 35.1 Å². The van der Waals surface area contributed by atoms with Gasteiger partial charge in [-0.1, -0.05) is 12.1 Å². The van der Waals surface area contributed by atoms with Crippen molar-refractivity contribution in [3.63, 3.8) is 0 Å². The fourth-order valence-corrected chi connectivity index (χ4v) is 3.22. The maximum absolute atomic E-state index is 3.66. The van der Waals surface area contributed by atoms with Crippen LogP contribution in [0.25, 0.3) is 0 Å². The van der Waals surface area contributed by atoms with Gasteiger partial charge in [0.15, 0.2) is 0 Å². The Bertz CT molecular complexity index is 378. The third-order valence-electron chi connectivity index (χ3n) is 3.54. The number of para-hydroxylation sites is 1. The van der Waals surface area contributed by atoms with Gasteiger partial charge >= 0.3 is 0 Å². The lowest BCUT2D eigenvalue weighted by Crippen LogP contribution is -2.48. The van der Waals surface area contributed by atoms with E-state index in [1.807, 2.05) is 0 Å². The van der Waals surface area contributed by atoms with Crippen molar-refractivity contribution in [1.82, 2.24) is 5.32 Å². The second-order valence-electron chi connectivity index (χ2n) is 4.48. The summed E-state index contributed by atoms with van der Waals surface area (Å²) >= 11 is 3.62. The molecule has 0 amide bonds. The molecule has 2 heterocycles. The molecule has 0 saturated carbocycles. The fourth-order valence-electron chi connectivity index (χ4n) is 2.69. The molecule has 2 nitrogen and oxygen atoms in total. The van der Waals surface area contributed by atoms with Gasteiger partial charge in [0.2, 0.25) is 0 Å². The first-order valence-electron chi connectivity index (χ1n) is 5.59. The van der Waals surface area contributed by atoms with Crippen LogP contribution < -0.4 is 10.6 Å². The van der Waals surface area contributed by atoms with E-state index in [1.54, 1.807) is 0 Å². The molecule has 2 aliphatic heterocycles. The van der Waals surface area contributed by atoms with E-state index in [2.05, 4.69) is 44.8 Å². The molecule has 3 heteroatoms. The first kappa shape index (κ1) is 9.67. The molecule has 1 saturated heterocycles.